The molecule has 1 aliphatic heterocycles. The van der Waals surface area contributed by atoms with Gasteiger partial charge < -0.3 is 15.5 Å². The van der Waals surface area contributed by atoms with E-state index in [1.54, 1.807) is 17.9 Å². The van der Waals surface area contributed by atoms with Crippen molar-refractivity contribution in [2.24, 2.45) is 5.92 Å². The molecule has 2 aromatic carbocycles. The Kier molecular flexibility index (Phi) is 7.08. The summed E-state index contributed by atoms with van der Waals surface area (Å²) >= 11 is 0. The van der Waals surface area contributed by atoms with Crippen molar-refractivity contribution in [3.8, 4) is 0 Å². The monoisotopic (exact) mass is 411 g/mol. The molecule has 1 heterocycles. The van der Waals surface area contributed by atoms with Crippen LogP contribution >= 0.6 is 0 Å². The van der Waals surface area contributed by atoms with Crippen molar-refractivity contribution in [2.75, 3.05) is 19.6 Å². The van der Waals surface area contributed by atoms with Gasteiger partial charge in [0.05, 0.1) is 12.0 Å². The predicted molar refractivity (Wildman–Crippen MR) is 116 cm³/mol. The second kappa shape index (κ2) is 9.74. The number of nitrogens with one attached hydrogen (secondary N) is 2. The second-order valence-electron chi connectivity index (χ2n) is 8.02. The fourth-order valence-corrected chi connectivity index (χ4v) is 4.04. The second-order valence-corrected chi connectivity index (χ2v) is 8.02. The van der Waals surface area contributed by atoms with Crippen LogP contribution in [0.2, 0.25) is 0 Å². The summed E-state index contributed by atoms with van der Waals surface area (Å²) in [6, 6.07) is 14.6. The first-order valence-corrected chi connectivity index (χ1v) is 10.5. The van der Waals surface area contributed by atoms with Crippen LogP contribution in [0.1, 0.15) is 48.9 Å². The maximum Gasteiger partial charge on any atom is 0.317 e. The van der Waals surface area contributed by atoms with Crippen LogP contribution < -0.4 is 10.6 Å². The number of benzene rings is 2. The SMILES string of the molecule is CCNC(=O)N1C[C@H](C(=O)N[C@H](C)c2ccccc2)C[C@@H](c2ccc(F)c(C)c2)C1. The lowest BCUT2D eigenvalue weighted by Crippen LogP contribution is -2.51. The maximum absolute atomic E-state index is 13.7. The zero-order chi connectivity index (χ0) is 21.7. The van der Waals surface area contributed by atoms with Gasteiger partial charge in [0.2, 0.25) is 5.91 Å². The third kappa shape index (κ3) is 5.17. The summed E-state index contributed by atoms with van der Waals surface area (Å²) < 4.78 is 13.7. The summed E-state index contributed by atoms with van der Waals surface area (Å²) in [7, 11) is 0. The van der Waals surface area contributed by atoms with E-state index in [4.69, 9.17) is 0 Å². The lowest BCUT2D eigenvalue weighted by atomic mass is 9.83. The Labute approximate surface area is 177 Å². The average molecular weight is 412 g/mol. The molecule has 5 nitrogen and oxygen atoms in total. The number of halogens is 1. The minimum atomic E-state index is -0.331. The molecule has 2 aromatic rings. The normalized spacial score (nSPS) is 19.8. The number of amides is 3. The number of hydrogen-bond acceptors (Lipinski definition) is 2. The number of carbonyl (C=O) groups is 2. The van der Waals surface area contributed by atoms with E-state index in [2.05, 4.69) is 10.6 Å². The highest BCUT2D eigenvalue weighted by molar-refractivity contribution is 5.81. The number of urea groups is 1. The molecule has 6 heteroatoms. The molecule has 0 bridgehead atoms. The first kappa shape index (κ1) is 21.8. The van der Waals surface area contributed by atoms with Crippen LogP contribution in [-0.4, -0.2) is 36.5 Å². The Morgan fingerprint density at radius 1 is 1.17 bits per heavy atom. The lowest BCUT2D eigenvalue weighted by Gasteiger charge is -2.38. The first-order chi connectivity index (χ1) is 14.4. The fourth-order valence-electron chi connectivity index (χ4n) is 4.04. The van der Waals surface area contributed by atoms with Crippen LogP contribution in [0.15, 0.2) is 48.5 Å². The highest BCUT2D eigenvalue weighted by atomic mass is 19.1. The summed E-state index contributed by atoms with van der Waals surface area (Å²) in [4.78, 5) is 27.3. The molecule has 30 heavy (non-hydrogen) atoms. The number of rotatable bonds is 5. The number of aryl methyl sites for hydroxylation is 1. The van der Waals surface area contributed by atoms with Crippen LogP contribution in [0.4, 0.5) is 9.18 Å². The van der Waals surface area contributed by atoms with Crippen LogP contribution in [-0.2, 0) is 4.79 Å². The molecule has 160 valence electrons. The van der Waals surface area contributed by atoms with Crippen molar-refractivity contribution in [1.82, 2.24) is 15.5 Å². The molecule has 0 unspecified atom stereocenters. The smallest absolute Gasteiger partial charge is 0.317 e. The number of piperidine rings is 1. The van der Waals surface area contributed by atoms with Crippen molar-refractivity contribution < 1.29 is 14.0 Å². The molecule has 2 N–H and O–H groups in total. The summed E-state index contributed by atoms with van der Waals surface area (Å²) in [6.45, 7) is 6.96. The standard InChI is InChI=1S/C24H30FN3O2/c1-4-26-24(30)28-14-20(19-10-11-22(25)16(2)12-19)13-21(15-28)23(29)27-17(3)18-8-6-5-7-9-18/h5-12,17,20-21H,4,13-15H2,1-3H3,(H,26,30)(H,27,29)/t17-,20-,21-/m1/s1. The zero-order valence-corrected chi connectivity index (χ0v) is 17.8. The molecule has 0 radical (unpaired) electrons. The molecular weight excluding hydrogens is 381 g/mol. The largest absolute Gasteiger partial charge is 0.349 e. The highest BCUT2D eigenvalue weighted by Gasteiger charge is 2.35. The van der Waals surface area contributed by atoms with Gasteiger partial charge in [-0.05, 0) is 49.9 Å². The van der Waals surface area contributed by atoms with Crippen molar-refractivity contribution in [2.45, 2.75) is 39.2 Å². The molecule has 3 amide bonds. The summed E-state index contributed by atoms with van der Waals surface area (Å²) in [5, 5.41) is 5.92. The molecule has 0 aliphatic carbocycles. The van der Waals surface area contributed by atoms with Gasteiger partial charge in [-0.15, -0.1) is 0 Å². The number of hydrogen-bond donors (Lipinski definition) is 2. The predicted octanol–water partition coefficient (Wildman–Crippen LogP) is 4.15. The van der Waals surface area contributed by atoms with Gasteiger partial charge in [-0.3, -0.25) is 4.79 Å². The summed E-state index contributed by atoms with van der Waals surface area (Å²) in [6.07, 6.45) is 0.619. The van der Waals surface area contributed by atoms with Crippen LogP contribution in [0, 0.1) is 18.7 Å². The van der Waals surface area contributed by atoms with Gasteiger partial charge in [-0.1, -0.05) is 42.5 Å². The summed E-state index contributed by atoms with van der Waals surface area (Å²) in [5.74, 6) is -0.670. The topological polar surface area (TPSA) is 61.4 Å². The minimum Gasteiger partial charge on any atom is -0.349 e. The van der Waals surface area contributed by atoms with Gasteiger partial charge in [0.15, 0.2) is 0 Å². The Morgan fingerprint density at radius 3 is 2.57 bits per heavy atom. The molecule has 0 spiro atoms. The van der Waals surface area contributed by atoms with Gasteiger partial charge >= 0.3 is 6.03 Å². The van der Waals surface area contributed by atoms with Gasteiger partial charge in [0, 0.05) is 25.6 Å². The highest BCUT2D eigenvalue weighted by Crippen LogP contribution is 2.32. The van der Waals surface area contributed by atoms with E-state index in [9.17, 15) is 14.0 Å². The Hall–Kier alpha value is -2.89. The first-order valence-electron chi connectivity index (χ1n) is 10.5. The molecule has 3 atom stereocenters. The van der Waals surface area contributed by atoms with E-state index in [1.165, 1.54) is 6.07 Å². The van der Waals surface area contributed by atoms with Crippen molar-refractivity contribution >= 4 is 11.9 Å². The van der Waals surface area contributed by atoms with E-state index in [0.29, 0.717) is 31.6 Å². The Bertz CT molecular complexity index is 887. The number of nitrogens with zero attached hydrogens (tertiary/aromatic N) is 1. The van der Waals surface area contributed by atoms with E-state index in [1.807, 2.05) is 50.2 Å². The third-order valence-corrected chi connectivity index (χ3v) is 5.75. The lowest BCUT2D eigenvalue weighted by molar-refractivity contribution is -0.127. The fraction of sp³-hybridized carbons (Fsp3) is 0.417. The molecule has 0 saturated carbocycles. The quantitative estimate of drug-likeness (QED) is 0.777. The van der Waals surface area contributed by atoms with E-state index in [-0.39, 0.29) is 35.6 Å². The molecular formula is C24H30FN3O2. The average Bonchev–Trinajstić information content (AvgIpc) is 2.76. The maximum atomic E-state index is 13.7. The molecule has 1 fully saturated rings. The minimum absolute atomic E-state index is 0.0246. The molecule has 3 rings (SSSR count). The molecule has 1 aliphatic rings. The van der Waals surface area contributed by atoms with E-state index >= 15 is 0 Å². The Morgan fingerprint density at radius 2 is 1.90 bits per heavy atom. The van der Waals surface area contributed by atoms with Gasteiger partial charge in [0.25, 0.3) is 0 Å². The van der Waals surface area contributed by atoms with Gasteiger partial charge in [0.1, 0.15) is 5.82 Å². The van der Waals surface area contributed by atoms with Crippen LogP contribution in [0.3, 0.4) is 0 Å². The van der Waals surface area contributed by atoms with E-state index in [0.717, 1.165) is 11.1 Å². The molecule has 0 aromatic heterocycles. The van der Waals surface area contributed by atoms with Crippen LogP contribution in [0.25, 0.3) is 0 Å². The van der Waals surface area contributed by atoms with E-state index < -0.39 is 0 Å². The molecule has 1 saturated heterocycles. The van der Waals surface area contributed by atoms with Crippen molar-refractivity contribution in [3.63, 3.8) is 0 Å². The van der Waals surface area contributed by atoms with Crippen LogP contribution in [0.5, 0.6) is 0 Å². The van der Waals surface area contributed by atoms with Gasteiger partial charge in [-0.2, -0.15) is 0 Å². The third-order valence-electron chi connectivity index (χ3n) is 5.75. The number of likely N-dealkylation sites (tertiary alicyclic amines) is 1. The Balaban J connectivity index is 1.78. The zero-order valence-electron chi connectivity index (χ0n) is 17.8. The number of carbonyl (C=O) groups excluding carboxylic acids is 2. The summed E-state index contributed by atoms with van der Waals surface area (Å²) in [5.41, 5.74) is 2.56. The van der Waals surface area contributed by atoms with Crippen molar-refractivity contribution in [1.29, 1.82) is 0 Å². The van der Waals surface area contributed by atoms with Crippen molar-refractivity contribution in [3.05, 3.63) is 71.0 Å². The van der Waals surface area contributed by atoms with Gasteiger partial charge in [-0.25, -0.2) is 9.18 Å².